The normalized spacial score (nSPS) is 12.4. The van der Waals surface area contributed by atoms with Gasteiger partial charge >= 0.3 is 6.03 Å². The smallest absolute Gasteiger partial charge is 0.321 e. The van der Waals surface area contributed by atoms with E-state index in [0.717, 1.165) is 17.3 Å². The lowest BCUT2D eigenvalue weighted by molar-refractivity contribution is -0.119. The highest BCUT2D eigenvalue weighted by Gasteiger charge is 2.22. The minimum atomic E-state index is -0.654. The molecule has 0 aliphatic rings. The second-order valence-electron chi connectivity index (χ2n) is 8.12. The number of fused-ring (bicyclic) bond motifs is 1. The number of amides is 3. The minimum Gasteiger partial charge on any atom is -0.333 e. The molecule has 2 aromatic heterocycles. The van der Waals surface area contributed by atoms with Gasteiger partial charge in [-0.05, 0) is 51.5 Å². The molecule has 0 saturated heterocycles. The summed E-state index contributed by atoms with van der Waals surface area (Å²) in [4.78, 5) is 46.5. The molecule has 3 amide bonds. The van der Waals surface area contributed by atoms with Crippen molar-refractivity contribution in [3.8, 4) is 0 Å². The Labute approximate surface area is 184 Å². The molecule has 0 saturated carbocycles. The standard InChI is InChI=1S/C22H25N5O3S/c1-14(18(28)25-20(30)26-22(2,3)4)31-21-24-17-10-6-5-9-16(17)19(29)27(21)13-15-8-7-11-23-12-15/h5-12,14H,13H2,1-4H3,(H2,25,26,28,30). The number of rotatable bonds is 5. The van der Waals surface area contributed by atoms with Gasteiger partial charge in [-0.3, -0.25) is 24.5 Å². The zero-order chi connectivity index (χ0) is 22.6. The molecule has 0 bridgehead atoms. The summed E-state index contributed by atoms with van der Waals surface area (Å²) < 4.78 is 1.53. The molecule has 3 aromatic rings. The van der Waals surface area contributed by atoms with Gasteiger partial charge < -0.3 is 5.32 Å². The fourth-order valence-corrected chi connectivity index (χ4v) is 3.76. The number of imide groups is 1. The molecule has 0 fully saturated rings. The summed E-state index contributed by atoms with van der Waals surface area (Å²) in [5.41, 5.74) is 0.723. The first-order chi connectivity index (χ1) is 14.6. The first-order valence-electron chi connectivity index (χ1n) is 9.82. The van der Waals surface area contributed by atoms with Gasteiger partial charge in [0.15, 0.2) is 5.16 Å². The lowest BCUT2D eigenvalue weighted by Crippen LogP contribution is -2.49. The van der Waals surface area contributed by atoms with Crippen LogP contribution in [0.2, 0.25) is 0 Å². The van der Waals surface area contributed by atoms with Crippen molar-refractivity contribution in [3.05, 3.63) is 64.7 Å². The number of hydrogen-bond acceptors (Lipinski definition) is 6. The zero-order valence-electron chi connectivity index (χ0n) is 17.9. The van der Waals surface area contributed by atoms with Crippen molar-refractivity contribution in [2.75, 3.05) is 0 Å². The lowest BCUT2D eigenvalue weighted by atomic mass is 10.1. The van der Waals surface area contributed by atoms with Crippen LogP contribution in [0.5, 0.6) is 0 Å². The van der Waals surface area contributed by atoms with Crippen molar-refractivity contribution < 1.29 is 9.59 Å². The van der Waals surface area contributed by atoms with Crippen LogP contribution in [0.3, 0.4) is 0 Å². The van der Waals surface area contributed by atoms with Crippen molar-refractivity contribution >= 4 is 34.6 Å². The van der Waals surface area contributed by atoms with E-state index >= 15 is 0 Å². The van der Waals surface area contributed by atoms with Gasteiger partial charge in [0.25, 0.3) is 5.56 Å². The molecule has 1 unspecified atom stereocenters. The molecule has 0 aliphatic heterocycles. The van der Waals surface area contributed by atoms with E-state index in [1.165, 1.54) is 4.57 Å². The summed E-state index contributed by atoms with van der Waals surface area (Å²) in [6.07, 6.45) is 3.35. The minimum absolute atomic E-state index is 0.199. The fourth-order valence-electron chi connectivity index (χ4n) is 2.85. The Morgan fingerprint density at radius 2 is 1.90 bits per heavy atom. The van der Waals surface area contributed by atoms with Crippen LogP contribution >= 0.6 is 11.8 Å². The van der Waals surface area contributed by atoms with Crippen molar-refractivity contribution in [3.63, 3.8) is 0 Å². The highest BCUT2D eigenvalue weighted by Crippen LogP contribution is 2.23. The number of carbonyl (C=O) groups excluding carboxylic acids is 2. The summed E-state index contributed by atoms with van der Waals surface area (Å²) in [6.45, 7) is 7.41. The second kappa shape index (κ2) is 9.30. The highest BCUT2D eigenvalue weighted by atomic mass is 32.2. The number of benzene rings is 1. The van der Waals surface area contributed by atoms with E-state index in [1.54, 1.807) is 43.6 Å². The van der Waals surface area contributed by atoms with Gasteiger partial charge in [-0.2, -0.15) is 0 Å². The predicted molar refractivity (Wildman–Crippen MR) is 121 cm³/mol. The summed E-state index contributed by atoms with van der Waals surface area (Å²) in [6, 6.07) is 10.2. The van der Waals surface area contributed by atoms with E-state index in [0.29, 0.717) is 16.1 Å². The maximum Gasteiger partial charge on any atom is 0.321 e. The van der Waals surface area contributed by atoms with E-state index < -0.39 is 22.7 Å². The molecule has 3 rings (SSSR count). The Kier molecular flexibility index (Phi) is 6.74. The Hall–Kier alpha value is -3.20. The number of thioether (sulfide) groups is 1. The van der Waals surface area contributed by atoms with Crippen molar-refractivity contribution in [2.45, 2.75) is 50.2 Å². The number of hydrogen-bond donors (Lipinski definition) is 2. The number of urea groups is 1. The maximum atomic E-state index is 13.2. The summed E-state index contributed by atoms with van der Waals surface area (Å²) >= 11 is 1.13. The quantitative estimate of drug-likeness (QED) is 0.468. The van der Waals surface area contributed by atoms with E-state index in [2.05, 4.69) is 20.6 Å². The molecular weight excluding hydrogens is 414 g/mol. The molecule has 162 valence electrons. The summed E-state index contributed by atoms with van der Waals surface area (Å²) in [5.74, 6) is -0.470. The molecule has 31 heavy (non-hydrogen) atoms. The topological polar surface area (TPSA) is 106 Å². The summed E-state index contributed by atoms with van der Waals surface area (Å²) in [5, 5.41) is 5.27. The van der Waals surface area contributed by atoms with Crippen molar-refractivity contribution in [1.82, 2.24) is 25.2 Å². The van der Waals surface area contributed by atoms with Crippen LogP contribution in [-0.2, 0) is 11.3 Å². The second-order valence-corrected chi connectivity index (χ2v) is 9.43. The highest BCUT2D eigenvalue weighted by molar-refractivity contribution is 8.00. The number of aromatic nitrogens is 3. The Bertz CT molecular complexity index is 1160. The van der Waals surface area contributed by atoms with Crippen molar-refractivity contribution in [2.24, 2.45) is 0 Å². The fraction of sp³-hybridized carbons (Fsp3) is 0.318. The Balaban J connectivity index is 1.89. The van der Waals surface area contributed by atoms with Gasteiger partial charge in [0.1, 0.15) is 0 Å². The molecule has 2 N–H and O–H groups in total. The third-order valence-electron chi connectivity index (χ3n) is 4.27. The van der Waals surface area contributed by atoms with Crippen molar-refractivity contribution in [1.29, 1.82) is 0 Å². The molecule has 8 nitrogen and oxygen atoms in total. The average molecular weight is 440 g/mol. The molecule has 0 aliphatic carbocycles. The van der Waals surface area contributed by atoms with E-state index in [1.807, 2.05) is 32.9 Å². The number of para-hydroxylation sites is 1. The Morgan fingerprint density at radius 3 is 2.58 bits per heavy atom. The number of pyridine rings is 1. The van der Waals surface area contributed by atoms with E-state index in [9.17, 15) is 14.4 Å². The number of nitrogens with one attached hydrogen (secondary N) is 2. The van der Waals surface area contributed by atoms with Crippen LogP contribution in [0.25, 0.3) is 10.9 Å². The van der Waals surface area contributed by atoms with E-state index in [4.69, 9.17) is 0 Å². The van der Waals surface area contributed by atoms with E-state index in [-0.39, 0.29) is 12.1 Å². The van der Waals surface area contributed by atoms with Crippen LogP contribution in [0.4, 0.5) is 4.79 Å². The third-order valence-corrected chi connectivity index (χ3v) is 5.36. The van der Waals surface area contributed by atoms with Gasteiger partial charge in [0.2, 0.25) is 5.91 Å². The van der Waals surface area contributed by atoms with Gasteiger partial charge in [0.05, 0.1) is 22.7 Å². The zero-order valence-corrected chi connectivity index (χ0v) is 18.7. The van der Waals surface area contributed by atoms with Gasteiger partial charge in [-0.15, -0.1) is 0 Å². The lowest BCUT2D eigenvalue weighted by Gasteiger charge is -2.21. The first-order valence-corrected chi connectivity index (χ1v) is 10.7. The average Bonchev–Trinajstić information content (AvgIpc) is 2.70. The number of nitrogens with zero attached hydrogens (tertiary/aromatic N) is 3. The van der Waals surface area contributed by atoms with Crippen LogP contribution < -0.4 is 16.2 Å². The van der Waals surface area contributed by atoms with Crippen LogP contribution in [0.15, 0.2) is 58.7 Å². The predicted octanol–water partition coefficient (Wildman–Crippen LogP) is 2.94. The monoisotopic (exact) mass is 439 g/mol. The van der Waals surface area contributed by atoms with Crippen LogP contribution in [0, 0.1) is 0 Å². The Morgan fingerprint density at radius 1 is 1.16 bits per heavy atom. The molecular formula is C22H25N5O3S. The van der Waals surface area contributed by atoms with Crippen LogP contribution in [0.1, 0.15) is 33.3 Å². The summed E-state index contributed by atoms with van der Waals surface area (Å²) in [7, 11) is 0. The van der Waals surface area contributed by atoms with Gasteiger partial charge in [-0.1, -0.05) is 30.0 Å². The first kappa shape index (κ1) is 22.5. The SMILES string of the molecule is CC(Sc1nc2ccccc2c(=O)n1Cc1cccnc1)C(=O)NC(=O)NC(C)(C)C. The third kappa shape index (κ3) is 5.91. The molecule has 0 spiro atoms. The molecule has 0 radical (unpaired) electrons. The van der Waals surface area contributed by atoms with Crippen LogP contribution in [-0.4, -0.2) is 37.3 Å². The molecule has 9 heteroatoms. The molecule has 2 heterocycles. The number of carbonyl (C=O) groups is 2. The van der Waals surface area contributed by atoms with Gasteiger partial charge in [0, 0.05) is 17.9 Å². The largest absolute Gasteiger partial charge is 0.333 e. The van der Waals surface area contributed by atoms with Gasteiger partial charge in [-0.25, -0.2) is 9.78 Å². The maximum absolute atomic E-state index is 13.2. The molecule has 1 atom stereocenters. The molecule has 1 aromatic carbocycles.